The van der Waals surface area contributed by atoms with Crippen LogP contribution >= 0.6 is 0 Å². The molecule has 0 radical (unpaired) electrons. The standard InChI is InChI=1S/C7H11NO5/c1-8(2)6(9)4-5(7(10)11)13-3-12-4/h4-5H,3H2,1-2H3,(H,10,11)/t4-,5-/m1/s1. The molecule has 1 aliphatic rings. The zero-order valence-corrected chi connectivity index (χ0v) is 7.39. The van der Waals surface area contributed by atoms with Crippen molar-refractivity contribution in [2.45, 2.75) is 12.2 Å². The molecule has 1 saturated heterocycles. The highest BCUT2D eigenvalue weighted by Crippen LogP contribution is 2.14. The minimum absolute atomic E-state index is 0.152. The Morgan fingerprint density at radius 1 is 1.31 bits per heavy atom. The predicted octanol–water partition coefficient (Wildman–Crippen LogP) is -1.10. The Bertz CT molecular complexity index is 227. The number of likely N-dealkylation sites (N-methyl/N-ethyl adjacent to an activating group) is 1. The van der Waals surface area contributed by atoms with Crippen LogP contribution in [0.25, 0.3) is 0 Å². The van der Waals surface area contributed by atoms with Crippen molar-refractivity contribution in [1.82, 2.24) is 4.90 Å². The Balaban J connectivity index is 2.68. The van der Waals surface area contributed by atoms with E-state index in [1.54, 1.807) is 0 Å². The van der Waals surface area contributed by atoms with Crippen LogP contribution in [0.4, 0.5) is 0 Å². The van der Waals surface area contributed by atoms with E-state index in [4.69, 9.17) is 14.6 Å². The second-order valence-electron chi connectivity index (χ2n) is 2.86. The van der Waals surface area contributed by atoms with Gasteiger partial charge in [-0.15, -0.1) is 0 Å². The van der Waals surface area contributed by atoms with Crippen molar-refractivity contribution in [3.05, 3.63) is 0 Å². The molecule has 0 bridgehead atoms. The minimum Gasteiger partial charge on any atom is -0.479 e. The van der Waals surface area contributed by atoms with Gasteiger partial charge in [-0.25, -0.2) is 4.79 Å². The maximum atomic E-state index is 11.3. The molecular formula is C7H11NO5. The summed E-state index contributed by atoms with van der Waals surface area (Å²) in [5.41, 5.74) is 0. The van der Waals surface area contributed by atoms with E-state index in [1.165, 1.54) is 19.0 Å². The van der Waals surface area contributed by atoms with Crippen molar-refractivity contribution in [1.29, 1.82) is 0 Å². The highest BCUT2D eigenvalue weighted by Gasteiger charge is 2.41. The summed E-state index contributed by atoms with van der Waals surface area (Å²) in [5.74, 6) is -1.58. The lowest BCUT2D eigenvalue weighted by molar-refractivity contribution is -0.152. The van der Waals surface area contributed by atoms with Crippen molar-refractivity contribution in [2.24, 2.45) is 0 Å². The maximum Gasteiger partial charge on any atom is 0.336 e. The summed E-state index contributed by atoms with van der Waals surface area (Å²) in [6, 6.07) is 0. The number of carbonyl (C=O) groups excluding carboxylic acids is 1. The first-order valence-electron chi connectivity index (χ1n) is 3.71. The van der Waals surface area contributed by atoms with E-state index in [0.717, 1.165) is 0 Å². The Morgan fingerprint density at radius 3 is 2.31 bits per heavy atom. The van der Waals surface area contributed by atoms with Crippen LogP contribution in [0, 0.1) is 0 Å². The molecule has 13 heavy (non-hydrogen) atoms. The molecule has 1 amide bonds. The molecule has 0 spiro atoms. The van der Waals surface area contributed by atoms with E-state index in [2.05, 4.69) is 0 Å². The Kier molecular flexibility index (Phi) is 2.84. The fraction of sp³-hybridized carbons (Fsp3) is 0.714. The van der Waals surface area contributed by atoms with Gasteiger partial charge in [0.1, 0.15) is 6.79 Å². The molecule has 0 aromatic carbocycles. The topological polar surface area (TPSA) is 76.1 Å². The van der Waals surface area contributed by atoms with Crippen LogP contribution in [0.5, 0.6) is 0 Å². The SMILES string of the molecule is CN(C)C(=O)[C@@H]1OCO[C@H]1C(=O)O. The second kappa shape index (κ2) is 3.71. The lowest BCUT2D eigenvalue weighted by Gasteiger charge is -2.17. The molecule has 6 nitrogen and oxygen atoms in total. The molecule has 0 aliphatic carbocycles. The number of amides is 1. The Hall–Kier alpha value is -1.14. The summed E-state index contributed by atoms with van der Waals surface area (Å²) in [6.07, 6.45) is -2.21. The molecule has 1 N–H and O–H groups in total. The van der Waals surface area contributed by atoms with Crippen molar-refractivity contribution >= 4 is 11.9 Å². The summed E-state index contributed by atoms with van der Waals surface area (Å²) in [4.78, 5) is 23.2. The zero-order valence-electron chi connectivity index (χ0n) is 7.39. The fourth-order valence-electron chi connectivity index (χ4n) is 1.02. The molecule has 1 heterocycles. The molecule has 1 rings (SSSR count). The molecule has 0 saturated carbocycles. The Labute approximate surface area is 75.0 Å². The van der Waals surface area contributed by atoms with Gasteiger partial charge in [0.05, 0.1) is 0 Å². The lowest BCUT2D eigenvalue weighted by Crippen LogP contribution is -2.43. The average molecular weight is 189 g/mol. The van der Waals surface area contributed by atoms with Crippen molar-refractivity contribution in [3.8, 4) is 0 Å². The molecule has 2 atom stereocenters. The molecule has 6 heteroatoms. The first kappa shape index (κ1) is 9.94. The van der Waals surface area contributed by atoms with Crippen LogP contribution in [0.1, 0.15) is 0 Å². The first-order valence-corrected chi connectivity index (χ1v) is 3.71. The van der Waals surface area contributed by atoms with Crippen LogP contribution in [-0.4, -0.2) is 55.0 Å². The lowest BCUT2D eigenvalue weighted by atomic mass is 10.2. The van der Waals surface area contributed by atoms with Gasteiger partial charge in [-0.1, -0.05) is 0 Å². The van der Waals surface area contributed by atoms with Gasteiger partial charge in [-0.05, 0) is 0 Å². The molecule has 74 valence electrons. The Morgan fingerprint density at radius 2 is 1.85 bits per heavy atom. The highest BCUT2D eigenvalue weighted by atomic mass is 16.7. The number of hydrogen-bond acceptors (Lipinski definition) is 4. The monoisotopic (exact) mass is 189 g/mol. The highest BCUT2D eigenvalue weighted by molar-refractivity contribution is 5.88. The number of carboxylic acids is 1. The summed E-state index contributed by atoms with van der Waals surface area (Å²) >= 11 is 0. The van der Waals surface area contributed by atoms with Crippen LogP contribution in [-0.2, 0) is 19.1 Å². The minimum atomic E-state index is -1.19. The third-order valence-corrected chi connectivity index (χ3v) is 1.70. The number of aliphatic carboxylic acids is 1. The van der Waals surface area contributed by atoms with Crippen LogP contribution in [0.2, 0.25) is 0 Å². The van der Waals surface area contributed by atoms with Gasteiger partial charge in [0.2, 0.25) is 0 Å². The summed E-state index contributed by atoms with van der Waals surface area (Å²) in [6.45, 7) is -0.152. The summed E-state index contributed by atoms with van der Waals surface area (Å²) in [5, 5.41) is 8.64. The smallest absolute Gasteiger partial charge is 0.336 e. The van der Waals surface area contributed by atoms with Gasteiger partial charge in [0.15, 0.2) is 12.2 Å². The van der Waals surface area contributed by atoms with Gasteiger partial charge in [0, 0.05) is 14.1 Å². The fourth-order valence-corrected chi connectivity index (χ4v) is 1.02. The van der Waals surface area contributed by atoms with Crippen molar-refractivity contribution in [3.63, 3.8) is 0 Å². The number of carboxylic acid groups (broad SMARTS) is 1. The number of ether oxygens (including phenoxy) is 2. The van der Waals surface area contributed by atoms with E-state index < -0.39 is 24.1 Å². The van der Waals surface area contributed by atoms with E-state index in [-0.39, 0.29) is 6.79 Å². The van der Waals surface area contributed by atoms with Gasteiger partial charge in [0.25, 0.3) is 5.91 Å². The zero-order chi connectivity index (χ0) is 10.0. The number of hydrogen-bond donors (Lipinski definition) is 1. The summed E-state index contributed by atoms with van der Waals surface area (Å²) in [7, 11) is 3.06. The average Bonchev–Trinajstić information content (AvgIpc) is 2.50. The van der Waals surface area contributed by atoms with Crippen LogP contribution in [0.3, 0.4) is 0 Å². The summed E-state index contributed by atoms with van der Waals surface area (Å²) < 4.78 is 9.58. The van der Waals surface area contributed by atoms with Gasteiger partial charge in [-0.2, -0.15) is 0 Å². The predicted molar refractivity (Wildman–Crippen MR) is 40.9 cm³/mol. The third kappa shape index (κ3) is 1.96. The molecular weight excluding hydrogens is 178 g/mol. The molecule has 0 aromatic rings. The van der Waals surface area contributed by atoms with Gasteiger partial charge >= 0.3 is 5.97 Å². The number of nitrogens with zero attached hydrogens (tertiary/aromatic N) is 1. The first-order chi connectivity index (χ1) is 6.04. The molecule has 1 aliphatic heterocycles. The van der Waals surface area contributed by atoms with Gasteiger partial charge < -0.3 is 19.5 Å². The van der Waals surface area contributed by atoms with E-state index >= 15 is 0 Å². The van der Waals surface area contributed by atoms with Crippen LogP contribution < -0.4 is 0 Å². The number of rotatable bonds is 2. The van der Waals surface area contributed by atoms with E-state index in [1.807, 2.05) is 0 Å². The largest absolute Gasteiger partial charge is 0.479 e. The molecule has 0 aromatic heterocycles. The molecule has 0 unspecified atom stereocenters. The molecule has 1 fully saturated rings. The normalized spacial score (nSPS) is 27.2. The third-order valence-electron chi connectivity index (χ3n) is 1.70. The van der Waals surface area contributed by atoms with E-state index in [9.17, 15) is 9.59 Å². The van der Waals surface area contributed by atoms with Gasteiger partial charge in [-0.3, -0.25) is 4.79 Å². The quantitative estimate of drug-likeness (QED) is 0.596. The number of carbonyl (C=O) groups is 2. The van der Waals surface area contributed by atoms with Crippen LogP contribution in [0.15, 0.2) is 0 Å². The van der Waals surface area contributed by atoms with Crippen molar-refractivity contribution < 1.29 is 24.2 Å². The second-order valence-corrected chi connectivity index (χ2v) is 2.86. The van der Waals surface area contributed by atoms with Crippen molar-refractivity contribution in [2.75, 3.05) is 20.9 Å². The van der Waals surface area contributed by atoms with E-state index in [0.29, 0.717) is 0 Å². The maximum absolute atomic E-state index is 11.3.